The second-order valence-electron chi connectivity index (χ2n) is 7.23. The van der Waals surface area contributed by atoms with Gasteiger partial charge < -0.3 is 5.32 Å². The second kappa shape index (κ2) is 10.2. The first-order chi connectivity index (χ1) is 16.1. The monoisotopic (exact) mass is 506 g/mol. The van der Waals surface area contributed by atoms with E-state index in [1.165, 1.54) is 16.4 Å². The number of halogens is 1. The molecule has 1 N–H and O–H groups in total. The number of thiazole rings is 1. The van der Waals surface area contributed by atoms with Gasteiger partial charge in [0.25, 0.3) is 11.5 Å². The molecule has 0 saturated heterocycles. The summed E-state index contributed by atoms with van der Waals surface area (Å²) in [6.45, 7) is 1.79. The molecule has 3 aromatic carbocycles. The standard InChI is InChI=1S/C25H18N4O2S2.ClH/c1-16-21(27-22(30)17-10-4-2-5-11-17)24(31)29(18-12-6-3-7-13-18)28-23(16)33-25-26-19-14-8-9-15-20(19)32-25;/h2-15H,1H3,(H,27,30);1H. The van der Waals surface area contributed by atoms with Crippen LogP contribution in [0.2, 0.25) is 0 Å². The van der Waals surface area contributed by atoms with Crippen molar-refractivity contribution in [2.75, 3.05) is 5.32 Å². The van der Waals surface area contributed by atoms with Gasteiger partial charge in [-0.15, -0.1) is 23.7 Å². The highest BCUT2D eigenvalue weighted by molar-refractivity contribution is 8.01. The van der Waals surface area contributed by atoms with Crippen molar-refractivity contribution in [1.29, 1.82) is 0 Å². The van der Waals surface area contributed by atoms with Crippen molar-refractivity contribution < 1.29 is 4.79 Å². The lowest BCUT2D eigenvalue weighted by molar-refractivity contribution is 0.102. The molecule has 5 aromatic rings. The van der Waals surface area contributed by atoms with Gasteiger partial charge in [0.2, 0.25) is 0 Å². The highest BCUT2D eigenvalue weighted by Crippen LogP contribution is 2.36. The minimum atomic E-state index is -0.392. The SMILES string of the molecule is Cc1c(Sc2nc3ccccc3s2)nn(-c2ccccc2)c(=O)c1NC(=O)c1ccccc1.Cl. The number of anilines is 1. The summed E-state index contributed by atoms with van der Waals surface area (Å²) >= 11 is 2.94. The molecule has 0 unspecified atom stereocenters. The van der Waals surface area contributed by atoms with Gasteiger partial charge in [-0.3, -0.25) is 9.59 Å². The van der Waals surface area contributed by atoms with E-state index in [9.17, 15) is 9.59 Å². The number of para-hydroxylation sites is 2. The van der Waals surface area contributed by atoms with Gasteiger partial charge in [0.05, 0.1) is 15.9 Å². The van der Waals surface area contributed by atoms with E-state index in [1.807, 2.05) is 48.5 Å². The first-order valence-corrected chi connectivity index (χ1v) is 11.8. The molecular formula is C25H19ClN4O2S2. The number of carbonyl (C=O) groups is 1. The van der Waals surface area contributed by atoms with Crippen LogP contribution < -0.4 is 10.9 Å². The molecule has 0 aliphatic rings. The molecule has 0 aliphatic carbocycles. The number of nitrogens with one attached hydrogen (secondary N) is 1. The maximum atomic E-state index is 13.4. The fourth-order valence-electron chi connectivity index (χ4n) is 3.33. The molecule has 2 aromatic heterocycles. The predicted octanol–water partition coefficient (Wildman–Crippen LogP) is 5.98. The number of fused-ring (bicyclic) bond motifs is 1. The summed E-state index contributed by atoms with van der Waals surface area (Å²) in [5.41, 5.74) is 2.41. The van der Waals surface area contributed by atoms with Gasteiger partial charge in [0.1, 0.15) is 10.7 Å². The van der Waals surface area contributed by atoms with Crippen LogP contribution >= 0.6 is 35.5 Å². The second-order valence-corrected chi connectivity index (χ2v) is 9.49. The Morgan fingerprint density at radius 3 is 2.29 bits per heavy atom. The van der Waals surface area contributed by atoms with Crippen molar-refractivity contribution in [2.45, 2.75) is 16.3 Å². The summed E-state index contributed by atoms with van der Waals surface area (Å²) in [5, 5.41) is 8.04. The number of amides is 1. The zero-order chi connectivity index (χ0) is 22.8. The Hall–Kier alpha value is -3.46. The maximum Gasteiger partial charge on any atom is 0.295 e. The number of benzene rings is 3. The third kappa shape index (κ3) is 4.75. The molecule has 9 heteroatoms. The highest BCUT2D eigenvalue weighted by atomic mass is 35.5. The van der Waals surface area contributed by atoms with E-state index in [0.29, 0.717) is 21.8 Å². The molecule has 6 nitrogen and oxygen atoms in total. The topological polar surface area (TPSA) is 76.9 Å². The average Bonchev–Trinajstić information content (AvgIpc) is 3.27. The van der Waals surface area contributed by atoms with E-state index in [1.54, 1.807) is 54.7 Å². The first kappa shape index (κ1) is 23.7. The van der Waals surface area contributed by atoms with Crippen molar-refractivity contribution >= 4 is 57.3 Å². The first-order valence-electron chi connectivity index (χ1n) is 10.2. The van der Waals surface area contributed by atoms with Gasteiger partial charge in [-0.05, 0) is 55.1 Å². The fourth-order valence-corrected chi connectivity index (χ4v) is 5.38. The molecule has 5 rings (SSSR count). The van der Waals surface area contributed by atoms with Crippen LogP contribution in [0.3, 0.4) is 0 Å². The van der Waals surface area contributed by atoms with Crippen LogP contribution in [0, 0.1) is 6.92 Å². The lowest BCUT2D eigenvalue weighted by Gasteiger charge is -2.14. The Balaban J connectivity index is 0.00000274. The molecule has 0 fully saturated rings. The van der Waals surface area contributed by atoms with Crippen LogP contribution in [0.15, 0.2) is 99.1 Å². The highest BCUT2D eigenvalue weighted by Gasteiger charge is 2.20. The van der Waals surface area contributed by atoms with Crippen molar-refractivity contribution in [1.82, 2.24) is 14.8 Å². The zero-order valence-corrected chi connectivity index (χ0v) is 20.4. The third-order valence-corrected chi connectivity index (χ3v) is 7.20. The number of hydrogen-bond acceptors (Lipinski definition) is 6. The molecule has 0 radical (unpaired) electrons. The van der Waals surface area contributed by atoms with Gasteiger partial charge in [0.15, 0.2) is 4.34 Å². The quantitative estimate of drug-likeness (QED) is 0.317. The molecule has 34 heavy (non-hydrogen) atoms. The predicted molar refractivity (Wildman–Crippen MR) is 140 cm³/mol. The minimum Gasteiger partial charge on any atom is -0.317 e. The summed E-state index contributed by atoms with van der Waals surface area (Å²) in [4.78, 5) is 30.9. The van der Waals surface area contributed by atoms with E-state index < -0.39 is 5.56 Å². The molecule has 170 valence electrons. The largest absolute Gasteiger partial charge is 0.317 e. The normalized spacial score (nSPS) is 10.6. The molecule has 2 heterocycles. The molecule has 1 amide bonds. The summed E-state index contributed by atoms with van der Waals surface area (Å²) in [7, 11) is 0. The molecular weight excluding hydrogens is 488 g/mol. The van der Waals surface area contributed by atoms with E-state index >= 15 is 0 Å². The summed E-state index contributed by atoms with van der Waals surface area (Å²) in [6.07, 6.45) is 0. The Labute approximate surface area is 210 Å². The van der Waals surface area contributed by atoms with Crippen molar-refractivity contribution in [3.8, 4) is 5.69 Å². The lowest BCUT2D eigenvalue weighted by atomic mass is 10.2. The van der Waals surface area contributed by atoms with E-state index in [4.69, 9.17) is 0 Å². The van der Waals surface area contributed by atoms with Gasteiger partial charge in [-0.1, -0.05) is 48.5 Å². The molecule has 0 bridgehead atoms. The number of aromatic nitrogens is 3. The van der Waals surface area contributed by atoms with E-state index in [-0.39, 0.29) is 24.0 Å². The third-order valence-electron chi connectivity index (χ3n) is 5.03. The fraction of sp³-hybridized carbons (Fsp3) is 0.0400. The molecule has 0 atom stereocenters. The van der Waals surface area contributed by atoms with Crippen LogP contribution in [0.4, 0.5) is 5.69 Å². The molecule has 0 aliphatic heterocycles. The number of nitrogens with zero attached hydrogens (tertiary/aromatic N) is 3. The van der Waals surface area contributed by atoms with Crippen LogP contribution in [-0.2, 0) is 0 Å². The smallest absolute Gasteiger partial charge is 0.295 e. The van der Waals surface area contributed by atoms with Gasteiger partial charge in [-0.25, -0.2) is 4.98 Å². The van der Waals surface area contributed by atoms with E-state index in [0.717, 1.165) is 14.6 Å². The number of carbonyl (C=O) groups excluding carboxylic acids is 1. The summed E-state index contributed by atoms with van der Waals surface area (Å²) in [5.74, 6) is -0.349. The Bertz CT molecular complexity index is 1490. The van der Waals surface area contributed by atoms with Crippen LogP contribution in [0.1, 0.15) is 15.9 Å². The van der Waals surface area contributed by atoms with Gasteiger partial charge >= 0.3 is 0 Å². The molecule has 0 spiro atoms. The van der Waals surface area contributed by atoms with Crippen LogP contribution in [-0.4, -0.2) is 20.7 Å². The molecule has 0 saturated carbocycles. The maximum absolute atomic E-state index is 13.4. The van der Waals surface area contributed by atoms with Gasteiger partial charge in [-0.2, -0.15) is 9.78 Å². The number of hydrogen-bond donors (Lipinski definition) is 1. The minimum absolute atomic E-state index is 0. The van der Waals surface area contributed by atoms with E-state index in [2.05, 4.69) is 15.4 Å². The van der Waals surface area contributed by atoms with Gasteiger partial charge in [0, 0.05) is 11.1 Å². The van der Waals surface area contributed by atoms with Crippen LogP contribution in [0.5, 0.6) is 0 Å². The van der Waals surface area contributed by atoms with Crippen molar-refractivity contribution in [3.63, 3.8) is 0 Å². The average molecular weight is 507 g/mol. The Morgan fingerprint density at radius 2 is 1.59 bits per heavy atom. The number of rotatable bonds is 5. The Morgan fingerprint density at radius 1 is 0.941 bits per heavy atom. The van der Waals surface area contributed by atoms with Crippen molar-refractivity contribution in [2.24, 2.45) is 0 Å². The summed E-state index contributed by atoms with van der Waals surface area (Å²) in [6, 6.07) is 25.9. The van der Waals surface area contributed by atoms with Crippen LogP contribution in [0.25, 0.3) is 15.9 Å². The summed E-state index contributed by atoms with van der Waals surface area (Å²) < 4.78 is 3.21. The Kier molecular flexibility index (Phi) is 7.12. The zero-order valence-electron chi connectivity index (χ0n) is 18.0. The lowest BCUT2D eigenvalue weighted by Crippen LogP contribution is -2.28. The van der Waals surface area contributed by atoms with Crippen molar-refractivity contribution in [3.05, 3.63) is 106 Å².